The van der Waals surface area contributed by atoms with E-state index in [1.165, 1.54) is 11.9 Å². The van der Waals surface area contributed by atoms with E-state index in [9.17, 15) is 0 Å². The van der Waals surface area contributed by atoms with Crippen molar-refractivity contribution in [2.75, 3.05) is 11.9 Å². The number of hydrogen-bond acceptors (Lipinski definition) is 4. The number of aromatic nitrogens is 4. The molecule has 0 saturated carbocycles. The highest BCUT2D eigenvalue weighted by Crippen LogP contribution is 2.19. The monoisotopic (exact) mass is 273 g/mol. The molecule has 0 aliphatic rings. The molecule has 0 atom stereocenters. The van der Waals surface area contributed by atoms with Crippen molar-refractivity contribution in [2.24, 2.45) is 0 Å². The maximum Gasteiger partial charge on any atom is 0.255 e. The van der Waals surface area contributed by atoms with Gasteiger partial charge in [-0.15, -0.1) is 0 Å². The Balaban J connectivity index is 1.97. The third-order valence-electron chi connectivity index (χ3n) is 2.86. The second kappa shape index (κ2) is 4.85. The third kappa shape index (κ3) is 2.37. The quantitative estimate of drug-likeness (QED) is 0.688. The fourth-order valence-corrected chi connectivity index (χ4v) is 2.15. The van der Waals surface area contributed by atoms with Gasteiger partial charge in [-0.25, -0.2) is 0 Å². The van der Waals surface area contributed by atoms with E-state index in [0.717, 1.165) is 12.4 Å². The van der Waals surface area contributed by atoms with Gasteiger partial charge in [0.05, 0.1) is 0 Å². The molecule has 0 saturated heterocycles. The van der Waals surface area contributed by atoms with E-state index in [0.29, 0.717) is 10.9 Å². The normalized spacial score (nSPS) is 10.8. The number of rotatable bonds is 3. The molecular weight excluding hydrogens is 262 g/mol. The molecule has 0 aliphatic heterocycles. The lowest BCUT2D eigenvalue weighted by molar-refractivity contribution is 0.832. The van der Waals surface area contributed by atoms with Crippen molar-refractivity contribution in [3.05, 3.63) is 53.4 Å². The number of anilines is 1. The van der Waals surface area contributed by atoms with Crippen molar-refractivity contribution in [1.82, 2.24) is 19.6 Å². The molecule has 0 spiro atoms. The minimum absolute atomic E-state index is 0.412. The molecule has 96 valence electrons. The predicted octanol–water partition coefficient (Wildman–Crippen LogP) is 2.41. The summed E-state index contributed by atoms with van der Waals surface area (Å²) in [5.74, 6) is 1.36. The van der Waals surface area contributed by atoms with Crippen LogP contribution >= 0.6 is 11.6 Å². The molecule has 19 heavy (non-hydrogen) atoms. The summed E-state index contributed by atoms with van der Waals surface area (Å²) < 4.78 is 1.68. The number of fused-ring (bicyclic) bond motifs is 1. The molecule has 0 aliphatic carbocycles. The first kappa shape index (κ1) is 11.9. The van der Waals surface area contributed by atoms with Crippen LogP contribution in [0.1, 0.15) is 5.56 Å². The van der Waals surface area contributed by atoms with Gasteiger partial charge in [0.2, 0.25) is 0 Å². The molecular formula is C13H12ClN5. The summed E-state index contributed by atoms with van der Waals surface area (Å²) in [6.07, 6.45) is 1.47. The Kier molecular flexibility index (Phi) is 3.05. The van der Waals surface area contributed by atoms with Gasteiger partial charge in [0.1, 0.15) is 17.3 Å². The fourth-order valence-electron chi connectivity index (χ4n) is 1.98. The van der Waals surface area contributed by atoms with Crippen LogP contribution in [0.3, 0.4) is 0 Å². The van der Waals surface area contributed by atoms with E-state index in [4.69, 9.17) is 11.6 Å². The first-order valence-corrected chi connectivity index (χ1v) is 6.23. The molecule has 6 heteroatoms. The van der Waals surface area contributed by atoms with Crippen LogP contribution in [-0.4, -0.2) is 26.6 Å². The molecule has 5 nitrogen and oxygen atoms in total. The second-order valence-electron chi connectivity index (χ2n) is 4.25. The Labute approximate surface area is 115 Å². The zero-order valence-corrected chi connectivity index (χ0v) is 11.1. The Hall–Kier alpha value is -2.14. The minimum Gasteiger partial charge on any atom is -0.355 e. The molecule has 0 amide bonds. The summed E-state index contributed by atoms with van der Waals surface area (Å²) in [5, 5.41) is 4.58. The van der Waals surface area contributed by atoms with Crippen LogP contribution < -0.4 is 4.90 Å². The molecule has 0 bridgehead atoms. The van der Waals surface area contributed by atoms with Gasteiger partial charge < -0.3 is 4.90 Å². The van der Waals surface area contributed by atoms with Gasteiger partial charge in [0.25, 0.3) is 5.78 Å². The Bertz CT molecular complexity index is 695. The standard InChI is InChI=1S/C13H12ClN5/c1-18(8-10-5-3-2-4-6-10)12-7-11(14)17-13-15-9-16-19(12)13/h2-7,9H,8H2,1H3. The second-order valence-corrected chi connectivity index (χ2v) is 4.64. The van der Waals surface area contributed by atoms with E-state index < -0.39 is 0 Å². The lowest BCUT2D eigenvalue weighted by atomic mass is 10.2. The lowest BCUT2D eigenvalue weighted by Gasteiger charge is -2.19. The molecule has 3 aromatic rings. The van der Waals surface area contributed by atoms with Gasteiger partial charge in [-0.2, -0.15) is 19.6 Å². The van der Waals surface area contributed by atoms with Crippen molar-refractivity contribution >= 4 is 23.2 Å². The third-order valence-corrected chi connectivity index (χ3v) is 3.05. The molecule has 0 unspecified atom stereocenters. The topological polar surface area (TPSA) is 46.3 Å². The summed E-state index contributed by atoms with van der Waals surface area (Å²) in [5.41, 5.74) is 1.21. The Morgan fingerprint density at radius 3 is 2.84 bits per heavy atom. The molecule has 0 radical (unpaired) electrons. The van der Waals surface area contributed by atoms with Crippen molar-refractivity contribution < 1.29 is 0 Å². The van der Waals surface area contributed by atoms with E-state index in [-0.39, 0.29) is 0 Å². The van der Waals surface area contributed by atoms with Crippen molar-refractivity contribution in [3.8, 4) is 0 Å². The molecule has 0 N–H and O–H groups in total. The number of nitrogens with zero attached hydrogens (tertiary/aromatic N) is 5. The first-order valence-electron chi connectivity index (χ1n) is 5.85. The van der Waals surface area contributed by atoms with Crippen LogP contribution in [0.15, 0.2) is 42.7 Å². The average Bonchev–Trinajstić information content (AvgIpc) is 2.86. The zero-order valence-electron chi connectivity index (χ0n) is 10.4. The van der Waals surface area contributed by atoms with E-state index >= 15 is 0 Å². The van der Waals surface area contributed by atoms with Crippen molar-refractivity contribution in [1.29, 1.82) is 0 Å². The SMILES string of the molecule is CN(Cc1ccccc1)c1cc(Cl)nc2ncnn12. The summed E-state index contributed by atoms with van der Waals surface area (Å²) in [4.78, 5) is 10.2. The highest BCUT2D eigenvalue weighted by molar-refractivity contribution is 6.29. The predicted molar refractivity (Wildman–Crippen MR) is 74.3 cm³/mol. The van der Waals surface area contributed by atoms with Crippen LogP contribution in [0.4, 0.5) is 5.82 Å². The van der Waals surface area contributed by atoms with Crippen molar-refractivity contribution in [3.63, 3.8) is 0 Å². The maximum atomic E-state index is 6.01. The minimum atomic E-state index is 0.412. The Morgan fingerprint density at radius 1 is 1.26 bits per heavy atom. The summed E-state index contributed by atoms with van der Waals surface area (Å²) in [6, 6.07) is 12.0. The highest BCUT2D eigenvalue weighted by Gasteiger charge is 2.10. The maximum absolute atomic E-state index is 6.01. The average molecular weight is 274 g/mol. The highest BCUT2D eigenvalue weighted by atomic mass is 35.5. The van der Waals surface area contributed by atoms with Crippen LogP contribution in [0, 0.1) is 0 Å². The number of hydrogen-bond donors (Lipinski definition) is 0. The van der Waals surface area contributed by atoms with Gasteiger partial charge in [0, 0.05) is 19.7 Å². The van der Waals surface area contributed by atoms with E-state index in [1.54, 1.807) is 10.6 Å². The summed E-state index contributed by atoms with van der Waals surface area (Å²) in [6.45, 7) is 0.760. The Morgan fingerprint density at radius 2 is 2.05 bits per heavy atom. The summed E-state index contributed by atoms with van der Waals surface area (Å²) >= 11 is 6.01. The van der Waals surface area contributed by atoms with Gasteiger partial charge in [-0.05, 0) is 5.56 Å². The summed E-state index contributed by atoms with van der Waals surface area (Å²) in [7, 11) is 1.99. The smallest absolute Gasteiger partial charge is 0.255 e. The molecule has 0 fully saturated rings. The molecule has 1 aromatic carbocycles. The van der Waals surface area contributed by atoms with Crippen LogP contribution in [-0.2, 0) is 6.54 Å². The number of halogens is 1. The van der Waals surface area contributed by atoms with Gasteiger partial charge in [0.15, 0.2) is 0 Å². The number of benzene rings is 1. The van der Waals surface area contributed by atoms with Crippen LogP contribution in [0.25, 0.3) is 5.78 Å². The fraction of sp³-hybridized carbons (Fsp3) is 0.154. The van der Waals surface area contributed by atoms with Crippen molar-refractivity contribution in [2.45, 2.75) is 6.54 Å². The van der Waals surface area contributed by atoms with Gasteiger partial charge in [-0.3, -0.25) is 0 Å². The molecule has 2 aromatic heterocycles. The molecule has 3 rings (SSSR count). The van der Waals surface area contributed by atoms with Crippen LogP contribution in [0.5, 0.6) is 0 Å². The lowest BCUT2D eigenvalue weighted by Crippen LogP contribution is -2.20. The van der Waals surface area contributed by atoms with E-state index in [2.05, 4.69) is 32.1 Å². The zero-order chi connectivity index (χ0) is 13.2. The van der Waals surface area contributed by atoms with Gasteiger partial charge in [-0.1, -0.05) is 41.9 Å². The molecule has 2 heterocycles. The van der Waals surface area contributed by atoms with Gasteiger partial charge >= 0.3 is 0 Å². The van der Waals surface area contributed by atoms with Crippen LogP contribution in [0.2, 0.25) is 5.15 Å². The first-order chi connectivity index (χ1) is 9.24. The largest absolute Gasteiger partial charge is 0.355 e. The van der Waals surface area contributed by atoms with E-state index in [1.807, 2.05) is 25.2 Å².